The van der Waals surface area contributed by atoms with Gasteiger partial charge >= 0.3 is 0 Å². The molecule has 5 rings (SSSR count). The van der Waals surface area contributed by atoms with Crippen molar-refractivity contribution in [2.24, 2.45) is 23.7 Å². The smallest absolute Gasteiger partial charge is 0.237 e. The number of amides is 2. The van der Waals surface area contributed by atoms with Crippen molar-refractivity contribution in [3.8, 4) is 5.75 Å². The minimum Gasteiger partial charge on any atom is -0.485 e. The van der Waals surface area contributed by atoms with E-state index in [1.54, 1.807) is 48.5 Å². The molecule has 2 saturated carbocycles. The van der Waals surface area contributed by atoms with Crippen LogP contribution < -0.4 is 9.64 Å². The first-order chi connectivity index (χ1) is 14.0. The molecule has 0 radical (unpaired) electrons. The van der Waals surface area contributed by atoms with Crippen LogP contribution in [-0.2, 0) is 9.59 Å². The molecule has 1 saturated heterocycles. The highest BCUT2D eigenvalue weighted by molar-refractivity contribution is 6.30. The van der Waals surface area contributed by atoms with E-state index >= 15 is 0 Å². The fourth-order valence-corrected chi connectivity index (χ4v) is 5.37. The standard InChI is InChI=1S/C23H20ClNO4/c24-16-8-6-13(7-9-16)19(26)12-29-18-3-1-2-17(11-18)25-22(27)20-14-4-5-15(10-14)21(20)23(25)28/h1-3,6-9,11,14-15,20-21H,4-5,10,12H2/t14-,15-,20-,21+/m1/s1. The molecule has 2 bridgehead atoms. The molecule has 1 aliphatic heterocycles. The van der Waals surface area contributed by atoms with Crippen molar-refractivity contribution in [2.45, 2.75) is 19.3 Å². The minimum atomic E-state index is -0.175. The normalized spacial score (nSPS) is 27.4. The third kappa shape index (κ3) is 3.04. The number of Topliss-reactive ketones (excluding diaryl/α,β-unsaturated/α-hetero) is 1. The summed E-state index contributed by atoms with van der Waals surface area (Å²) in [5.41, 5.74) is 1.03. The predicted octanol–water partition coefficient (Wildman–Crippen LogP) is 4.14. The average Bonchev–Trinajstić information content (AvgIpc) is 3.41. The Bertz CT molecular complexity index is 974. The molecule has 0 unspecified atom stereocenters. The molecule has 5 nitrogen and oxygen atoms in total. The Morgan fingerprint density at radius 1 is 1.00 bits per heavy atom. The van der Waals surface area contributed by atoms with Crippen LogP contribution in [0.1, 0.15) is 29.6 Å². The van der Waals surface area contributed by atoms with Crippen LogP contribution in [-0.4, -0.2) is 24.2 Å². The van der Waals surface area contributed by atoms with Crippen LogP contribution in [0.3, 0.4) is 0 Å². The molecular weight excluding hydrogens is 390 g/mol. The number of nitrogens with zero attached hydrogens (tertiary/aromatic N) is 1. The van der Waals surface area contributed by atoms with Gasteiger partial charge in [0.25, 0.3) is 0 Å². The number of carbonyl (C=O) groups is 3. The van der Waals surface area contributed by atoms with Gasteiger partial charge in [0, 0.05) is 16.7 Å². The Morgan fingerprint density at radius 3 is 2.31 bits per heavy atom. The Hall–Kier alpha value is -2.66. The summed E-state index contributed by atoms with van der Waals surface area (Å²) in [6, 6.07) is 13.5. The number of fused-ring (bicyclic) bond motifs is 5. The molecule has 3 fully saturated rings. The van der Waals surface area contributed by atoms with Crippen LogP contribution in [0, 0.1) is 23.7 Å². The second kappa shape index (κ2) is 6.99. The lowest BCUT2D eigenvalue weighted by atomic mass is 9.81. The van der Waals surface area contributed by atoms with Gasteiger partial charge in [0.2, 0.25) is 11.8 Å². The summed E-state index contributed by atoms with van der Waals surface area (Å²) in [6.45, 7) is -0.137. The molecule has 4 atom stereocenters. The van der Waals surface area contributed by atoms with Crippen LogP contribution in [0.2, 0.25) is 5.02 Å². The number of carbonyl (C=O) groups excluding carboxylic acids is 3. The summed E-state index contributed by atoms with van der Waals surface area (Å²) in [6.07, 6.45) is 3.11. The molecule has 2 aliphatic carbocycles. The van der Waals surface area contributed by atoms with Crippen LogP contribution in [0.15, 0.2) is 48.5 Å². The SMILES string of the molecule is O=C(COc1cccc(N2C(=O)[C@@H]3[C@@H]4CC[C@H](C4)[C@@H]3C2=O)c1)c1ccc(Cl)cc1. The van der Waals surface area contributed by atoms with Crippen LogP contribution >= 0.6 is 11.6 Å². The van der Waals surface area contributed by atoms with Crippen molar-refractivity contribution in [3.05, 3.63) is 59.1 Å². The van der Waals surface area contributed by atoms with Gasteiger partial charge in [0.1, 0.15) is 5.75 Å². The third-order valence-corrected chi connectivity index (χ3v) is 6.79. The Labute approximate surface area is 173 Å². The lowest BCUT2D eigenvalue weighted by Gasteiger charge is -2.19. The van der Waals surface area contributed by atoms with Crippen molar-refractivity contribution in [2.75, 3.05) is 11.5 Å². The molecule has 0 aromatic heterocycles. The van der Waals surface area contributed by atoms with Gasteiger partial charge in [-0.05, 0) is 67.5 Å². The van der Waals surface area contributed by atoms with Crippen molar-refractivity contribution >= 4 is 34.9 Å². The van der Waals surface area contributed by atoms with E-state index in [9.17, 15) is 14.4 Å². The molecule has 29 heavy (non-hydrogen) atoms. The van der Waals surface area contributed by atoms with Crippen molar-refractivity contribution in [1.82, 2.24) is 0 Å². The minimum absolute atomic E-state index is 0.0819. The highest BCUT2D eigenvalue weighted by atomic mass is 35.5. The second-order valence-corrected chi connectivity index (χ2v) is 8.55. The van der Waals surface area contributed by atoms with Gasteiger partial charge in [0.05, 0.1) is 17.5 Å². The fourth-order valence-electron chi connectivity index (χ4n) is 5.24. The highest BCUT2D eigenvalue weighted by Crippen LogP contribution is 2.56. The van der Waals surface area contributed by atoms with E-state index in [1.165, 1.54) is 4.90 Å². The number of ether oxygens (including phenoxy) is 1. The number of anilines is 1. The zero-order valence-corrected chi connectivity index (χ0v) is 16.5. The number of halogens is 1. The molecule has 1 heterocycles. The van der Waals surface area contributed by atoms with Gasteiger partial charge in [-0.3, -0.25) is 14.4 Å². The fraction of sp³-hybridized carbons (Fsp3) is 0.348. The number of benzene rings is 2. The molecule has 2 amide bonds. The van der Waals surface area contributed by atoms with Crippen LogP contribution in [0.25, 0.3) is 0 Å². The van der Waals surface area contributed by atoms with E-state index in [0.717, 1.165) is 19.3 Å². The topological polar surface area (TPSA) is 63.7 Å². The monoisotopic (exact) mass is 409 g/mol. The first-order valence-electron chi connectivity index (χ1n) is 9.92. The number of imide groups is 1. The zero-order chi connectivity index (χ0) is 20.1. The van der Waals surface area contributed by atoms with Crippen molar-refractivity contribution in [3.63, 3.8) is 0 Å². The summed E-state index contributed by atoms with van der Waals surface area (Å²) >= 11 is 5.85. The largest absolute Gasteiger partial charge is 0.485 e. The number of hydrogen-bond donors (Lipinski definition) is 0. The van der Waals surface area contributed by atoms with Crippen molar-refractivity contribution in [1.29, 1.82) is 0 Å². The van der Waals surface area contributed by atoms with E-state index < -0.39 is 0 Å². The lowest BCUT2D eigenvalue weighted by Crippen LogP contribution is -2.32. The van der Waals surface area contributed by atoms with Gasteiger partial charge in [-0.25, -0.2) is 4.90 Å². The first-order valence-corrected chi connectivity index (χ1v) is 10.3. The molecule has 3 aliphatic rings. The molecule has 6 heteroatoms. The zero-order valence-electron chi connectivity index (χ0n) is 15.7. The molecule has 148 valence electrons. The maximum absolute atomic E-state index is 13.0. The maximum atomic E-state index is 13.0. The van der Waals surface area contributed by atoms with Crippen LogP contribution in [0.5, 0.6) is 5.75 Å². The highest BCUT2D eigenvalue weighted by Gasteiger charge is 2.61. The van der Waals surface area contributed by atoms with Gasteiger partial charge in [-0.2, -0.15) is 0 Å². The quantitative estimate of drug-likeness (QED) is 0.550. The molecule has 0 spiro atoms. The summed E-state index contributed by atoms with van der Waals surface area (Å²) in [7, 11) is 0. The number of ketones is 1. The van der Waals surface area contributed by atoms with Gasteiger partial charge < -0.3 is 4.74 Å². The average molecular weight is 410 g/mol. The van der Waals surface area contributed by atoms with E-state index in [-0.39, 0.29) is 36.0 Å². The summed E-state index contributed by atoms with van der Waals surface area (Å²) < 4.78 is 5.64. The lowest BCUT2D eigenvalue weighted by molar-refractivity contribution is -0.123. The van der Waals surface area contributed by atoms with Crippen molar-refractivity contribution < 1.29 is 19.1 Å². The maximum Gasteiger partial charge on any atom is 0.237 e. The Morgan fingerprint density at radius 2 is 1.66 bits per heavy atom. The van der Waals surface area contributed by atoms with E-state index in [2.05, 4.69) is 0 Å². The first kappa shape index (κ1) is 18.4. The molecule has 2 aromatic carbocycles. The summed E-state index contributed by atoms with van der Waals surface area (Å²) in [5, 5.41) is 0.563. The molecule has 0 N–H and O–H groups in total. The van der Waals surface area contributed by atoms with E-state index in [1.807, 2.05) is 0 Å². The summed E-state index contributed by atoms with van der Waals surface area (Å²) in [4.78, 5) is 39.6. The third-order valence-electron chi connectivity index (χ3n) is 6.54. The number of hydrogen-bond acceptors (Lipinski definition) is 4. The van der Waals surface area contributed by atoms with Gasteiger partial charge in [-0.1, -0.05) is 17.7 Å². The predicted molar refractivity (Wildman–Crippen MR) is 108 cm³/mol. The van der Waals surface area contributed by atoms with Gasteiger partial charge in [0.15, 0.2) is 12.4 Å². The molecular formula is C23H20ClNO4. The second-order valence-electron chi connectivity index (χ2n) is 8.11. The summed E-state index contributed by atoms with van der Waals surface area (Å²) in [5.74, 6) is 0.500. The van der Waals surface area contributed by atoms with Crippen LogP contribution in [0.4, 0.5) is 5.69 Å². The number of rotatable bonds is 5. The van der Waals surface area contributed by atoms with E-state index in [4.69, 9.17) is 16.3 Å². The van der Waals surface area contributed by atoms with Gasteiger partial charge in [-0.15, -0.1) is 0 Å². The Kier molecular flexibility index (Phi) is 4.43. The molecule has 2 aromatic rings. The van der Waals surface area contributed by atoms with E-state index in [0.29, 0.717) is 33.9 Å². The Balaban J connectivity index is 1.31.